The van der Waals surface area contributed by atoms with Gasteiger partial charge in [0.05, 0.1) is 28.5 Å². The van der Waals surface area contributed by atoms with Gasteiger partial charge in [-0.15, -0.1) is 0 Å². The number of fused-ring (bicyclic) bond motifs is 1. The number of anilines is 1. The summed E-state index contributed by atoms with van der Waals surface area (Å²) < 4.78 is 1.63. The lowest BCUT2D eigenvalue weighted by Crippen LogP contribution is -2.12. The molecule has 2 heterocycles. The van der Waals surface area contributed by atoms with Crippen molar-refractivity contribution in [2.45, 2.75) is 0 Å². The molecule has 0 radical (unpaired) electrons. The van der Waals surface area contributed by atoms with E-state index in [4.69, 9.17) is 5.26 Å². The van der Waals surface area contributed by atoms with Crippen molar-refractivity contribution in [2.75, 3.05) is 5.32 Å². The molecule has 3 aromatic rings. The van der Waals surface area contributed by atoms with Gasteiger partial charge in [0.1, 0.15) is 6.07 Å². The van der Waals surface area contributed by atoms with Crippen molar-refractivity contribution in [2.24, 2.45) is 0 Å². The van der Waals surface area contributed by atoms with Crippen LogP contribution in [0.3, 0.4) is 0 Å². The first kappa shape index (κ1) is 11.9. The molecular formula is C15H10N4O. The maximum atomic E-state index is 12.3. The molecule has 1 amide bonds. The van der Waals surface area contributed by atoms with Crippen molar-refractivity contribution in [3.63, 3.8) is 0 Å². The molecule has 0 saturated carbocycles. The number of hydrogen-bond donors (Lipinski definition) is 1. The van der Waals surface area contributed by atoms with E-state index in [9.17, 15) is 4.79 Å². The summed E-state index contributed by atoms with van der Waals surface area (Å²) >= 11 is 0. The third kappa shape index (κ3) is 1.99. The Labute approximate surface area is 115 Å². The average molecular weight is 262 g/mol. The van der Waals surface area contributed by atoms with Gasteiger partial charge in [0, 0.05) is 6.20 Å². The summed E-state index contributed by atoms with van der Waals surface area (Å²) in [6.45, 7) is 0. The van der Waals surface area contributed by atoms with Gasteiger partial charge in [0.15, 0.2) is 0 Å². The molecule has 0 bridgehead atoms. The normalized spacial score (nSPS) is 10.2. The van der Waals surface area contributed by atoms with Crippen molar-refractivity contribution in [1.82, 2.24) is 9.61 Å². The summed E-state index contributed by atoms with van der Waals surface area (Å²) in [5, 5.41) is 15.9. The lowest BCUT2D eigenvalue weighted by molar-refractivity contribution is 0.102. The van der Waals surface area contributed by atoms with Crippen molar-refractivity contribution in [3.05, 3.63) is 66.0 Å². The highest BCUT2D eigenvalue weighted by Gasteiger charge is 2.13. The average Bonchev–Trinajstić information content (AvgIpc) is 2.92. The lowest BCUT2D eigenvalue weighted by atomic mass is 10.2. The molecule has 0 spiro atoms. The zero-order chi connectivity index (χ0) is 13.9. The quantitative estimate of drug-likeness (QED) is 0.771. The number of rotatable bonds is 2. The molecule has 0 aliphatic rings. The van der Waals surface area contributed by atoms with E-state index in [2.05, 4.69) is 10.4 Å². The highest BCUT2D eigenvalue weighted by Crippen LogP contribution is 2.17. The van der Waals surface area contributed by atoms with Gasteiger partial charge in [-0.3, -0.25) is 4.79 Å². The smallest absolute Gasteiger partial charge is 0.259 e. The number of pyridine rings is 1. The van der Waals surface area contributed by atoms with Crippen LogP contribution in [0.2, 0.25) is 0 Å². The third-order valence-electron chi connectivity index (χ3n) is 2.97. The number of amides is 1. The molecule has 0 fully saturated rings. The largest absolute Gasteiger partial charge is 0.321 e. The predicted octanol–water partition coefficient (Wildman–Crippen LogP) is 2.46. The highest BCUT2D eigenvalue weighted by atomic mass is 16.1. The Hall–Kier alpha value is -3.13. The van der Waals surface area contributed by atoms with E-state index in [1.807, 2.05) is 24.3 Å². The Morgan fingerprint density at radius 1 is 1.20 bits per heavy atom. The van der Waals surface area contributed by atoms with Crippen LogP contribution in [-0.4, -0.2) is 15.5 Å². The van der Waals surface area contributed by atoms with Gasteiger partial charge in [-0.05, 0) is 24.3 Å². The van der Waals surface area contributed by atoms with Crippen LogP contribution in [0, 0.1) is 11.3 Å². The summed E-state index contributed by atoms with van der Waals surface area (Å²) in [4.78, 5) is 12.3. The van der Waals surface area contributed by atoms with Crippen molar-refractivity contribution in [1.29, 1.82) is 5.26 Å². The molecule has 0 aliphatic heterocycles. The second kappa shape index (κ2) is 4.86. The summed E-state index contributed by atoms with van der Waals surface area (Å²) in [6.07, 6.45) is 3.29. The van der Waals surface area contributed by atoms with Crippen LogP contribution >= 0.6 is 0 Å². The molecule has 5 nitrogen and oxygen atoms in total. The number of nitrogens with one attached hydrogen (secondary N) is 1. The summed E-state index contributed by atoms with van der Waals surface area (Å²) in [7, 11) is 0. The molecule has 0 unspecified atom stereocenters. The van der Waals surface area contributed by atoms with Crippen LogP contribution in [0.1, 0.15) is 15.9 Å². The number of nitrogens with zero attached hydrogens (tertiary/aromatic N) is 3. The number of benzene rings is 1. The van der Waals surface area contributed by atoms with Crippen molar-refractivity contribution >= 4 is 17.1 Å². The van der Waals surface area contributed by atoms with Gasteiger partial charge in [-0.25, -0.2) is 4.52 Å². The fourth-order valence-corrected chi connectivity index (χ4v) is 1.99. The Balaban J connectivity index is 1.96. The van der Waals surface area contributed by atoms with Gasteiger partial charge in [-0.1, -0.05) is 18.2 Å². The van der Waals surface area contributed by atoms with E-state index in [-0.39, 0.29) is 5.91 Å². The molecule has 3 rings (SSSR count). The number of aromatic nitrogens is 2. The Morgan fingerprint density at radius 3 is 2.85 bits per heavy atom. The fraction of sp³-hybridized carbons (Fsp3) is 0. The maximum Gasteiger partial charge on any atom is 0.259 e. The predicted molar refractivity (Wildman–Crippen MR) is 74.3 cm³/mol. The first-order valence-electron chi connectivity index (χ1n) is 6.02. The standard InChI is InChI=1S/C15H10N4O/c16-9-11-5-1-2-6-13(11)18-15(20)12-10-17-19-8-4-3-7-14(12)19/h1-8,10H,(H,18,20). The summed E-state index contributed by atoms with van der Waals surface area (Å²) in [5.74, 6) is -0.283. The zero-order valence-electron chi connectivity index (χ0n) is 10.4. The number of carbonyl (C=O) groups is 1. The molecule has 0 atom stereocenters. The highest BCUT2D eigenvalue weighted by molar-refractivity contribution is 6.09. The second-order valence-electron chi connectivity index (χ2n) is 4.20. The van der Waals surface area contributed by atoms with Gasteiger partial charge in [-0.2, -0.15) is 10.4 Å². The number of carbonyl (C=O) groups excluding carboxylic acids is 1. The second-order valence-corrected chi connectivity index (χ2v) is 4.20. The minimum atomic E-state index is -0.283. The first-order chi connectivity index (χ1) is 9.79. The van der Waals surface area contributed by atoms with Gasteiger partial charge in [0.25, 0.3) is 5.91 Å². The fourth-order valence-electron chi connectivity index (χ4n) is 1.99. The zero-order valence-corrected chi connectivity index (χ0v) is 10.4. The van der Waals surface area contributed by atoms with Gasteiger partial charge >= 0.3 is 0 Å². The number of nitriles is 1. The Morgan fingerprint density at radius 2 is 2.00 bits per heavy atom. The SMILES string of the molecule is N#Cc1ccccc1NC(=O)c1cnn2ccccc12. The van der Waals surface area contributed by atoms with E-state index in [1.165, 1.54) is 6.20 Å². The van der Waals surface area contributed by atoms with Crippen LogP contribution in [0.15, 0.2) is 54.9 Å². The first-order valence-corrected chi connectivity index (χ1v) is 6.02. The van der Waals surface area contributed by atoms with Gasteiger partial charge in [0.2, 0.25) is 0 Å². The molecule has 5 heteroatoms. The molecule has 20 heavy (non-hydrogen) atoms. The van der Waals surface area contributed by atoms with E-state index in [0.29, 0.717) is 16.8 Å². The van der Waals surface area contributed by atoms with E-state index in [1.54, 1.807) is 35.0 Å². The van der Waals surface area contributed by atoms with Gasteiger partial charge < -0.3 is 5.32 Å². The molecule has 1 aromatic carbocycles. The number of hydrogen-bond acceptors (Lipinski definition) is 3. The topological polar surface area (TPSA) is 70.2 Å². The van der Waals surface area contributed by atoms with Crippen molar-refractivity contribution in [3.8, 4) is 6.07 Å². The molecule has 2 aromatic heterocycles. The van der Waals surface area contributed by atoms with Crippen LogP contribution in [-0.2, 0) is 0 Å². The third-order valence-corrected chi connectivity index (χ3v) is 2.97. The van der Waals surface area contributed by atoms with E-state index in [0.717, 1.165) is 5.52 Å². The van der Waals surface area contributed by atoms with Crippen LogP contribution < -0.4 is 5.32 Å². The number of para-hydroxylation sites is 1. The van der Waals surface area contributed by atoms with E-state index >= 15 is 0 Å². The van der Waals surface area contributed by atoms with Crippen LogP contribution in [0.4, 0.5) is 5.69 Å². The summed E-state index contributed by atoms with van der Waals surface area (Å²) in [5.41, 5.74) is 2.12. The minimum Gasteiger partial charge on any atom is -0.321 e. The van der Waals surface area contributed by atoms with E-state index < -0.39 is 0 Å². The van der Waals surface area contributed by atoms with Crippen LogP contribution in [0.5, 0.6) is 0 Å². The molecule has 1 N–H and O–H groups in total. The molecule has 0 aliphatic carbocycles. The summed E-state index contributed by atoms with van der Waals surface area (Å²) in [6, 6.07) is 14.4. The van der Waals surface area contributed by atoms with Crippen molar-refractivity contribution < 1.29 is 4.79 Å². The monoisotopic (exact) mass is 262 g/mol. The molecular weight excluding hydrogens is 252 g/mol. The van der Waals surface area contributed by atoms with Crippen LogP contribution in [0.25, 0.3) is 5.52 Å². The lowest BCUT2D eigenvalue weighted by Gasteiger charge is -2.05. The Bertz CT molecular complexity index is 829. The maximum absolute atomic E-state index is 12.3. The Kier molecular flexibility index (Phi) is 2.90. The molecule has 96 valence electrons. The molecule has 0 saturated heterocycles. The minimum absolute atomic E-state index is 0.283.